The zero-order valence-electron chi connectivity index (χ0n) is 23.6. The van der Waals surface area contributed by atoms with Gasteiger partial charge >= 0.3 is 12.4 Å². The maximum atomic E-state index is 13.8. The molecule has 4 unspecified atom stereocenters. The van der Waals surface area contributed by atoms with Crippen LogP contribution in [0, 0.1) is 23.6 Å². The van der Waals surface area contributed by atoms with Gasteiger partial charge in [0, 0.05) is 48.5 Å². The Morgan fingerprint density at radius 2 is 1.75 bits per heavy atom. The van der Waals surface area contributed by atoms with E-state index < -0.39 is 59.3 Å². The van der Waals surface area contributed by atoms with Crippen LogP contribution in [0.15, 0.2) is 48.0 Å². The number of nitrogens with two attached hydrogens (primary N) is 1. The van der Waals surface area contributed by atoms with Gasteiger partial charge in [-0.15, -0.1) is 0 Å². The average Bonchev–Trinajstić information content (AvgIpc) is 3.45. The lowest BCUT2D eigenvalue weighted by atomic mass is 9.83. The summed E-state index contributed by atoms with van der Waals surface area (Å²) < 4.78 is 99.5. The van der Waals surface area contributed by atoms with E-state index in [9.17, 15) is 40.3 Å². The summed E-state index contributed by atoms with van der Waals surface area (Å²) in [6.45, 7) is 1.27. The van der Waals surface area contributed by atoms with E-state index in [0.29, 0.717) is 30.9 Å². The summed E-state index contributed by atoms with van der Waals surface area (Å²) in [5, 5.41) is 5.05. The van der Waals surface area contributed by atoms with E-state index in [0.717, 1.165) is 18.9 Å². The molecule has 44 heavy (non-hydrogen) atoms. The third-order valence-electron chi connectivity index (χ3n) is 8.62. The first-order valence-corrected chi connectivity index (χ1v) is 14.1. The molecular formula is C30H31F7N4O3. The average molecular weight is 629 g/mol. The highest BCUT2D eigenvalue weighted by atomic mass is 19.4. The number of nitrogens with one attached hydrogen (secondary N) is 2. The molecule has 2 aliphatic carbocycles. The number of halogens is 7. The Labute approximate surface area is 248 Å². The van der Waals surface area contributed by atoms with Crippen LogP contribution in [0.25, 0.3) is 0 Å². The number of benzene rings is 2. The minimum absolute atomic E-state index is 0.0522. The SMILES string of the molecule is COc1ccc(N2CCCC(N)C2)cc1C(=O)NC1C2CCC(/C2=C/C(F)(F)F)[C@@H]1C(=O)Nc1ccc(F)c(C(F)(F)F)c1. The molecule has 3 fully saturated rings. The molecular weight excluding hydrogens is 597 g/mol. The van der Waals surface area contributed by atoms with Crippen molar-refractivity contribution in [1.29, 1.82) is 0 Å². The van der Waals surface area contributed by atoms with Crippen molar-refractivity contribution >= 4 is 23.2 Å². The second-order valence-corrected chi connectivity index (χ2v) is 11.4. The van der Waals surface area contributed by atoms with Crippen molar-refractivity contribution in [1.82, 2.24) is 5.32 Å². The van der Waals surface area contributed by atoms with Crippen molar-refractivity contribution in [2.24, 2.45) is 23.5 Å². The maximum absolute atomic E-state index is 13.8. The molecule has 0 aromatic heterocycles. The van der Waals surface area contributed by atoms with Gasteiger partial charge < -0.3 is 26.0 Å². The molecule has 1 aliphatic heterocycles. The Morgan fingerprint density at radius 1 is 1.02 bits per heavy atom. The molecule has 1 saturated heterocycles. The predicted octanol–water partition coefficient (Wildman–Crippen LogP) is 5.66. The summed E-state index contributed by atoms with van der Waals surface area (Å²) in [4.78, 5) is 29.2. The van der Waals surface area contributed by atoms with E-state index in [1.54, 1.807) is 18.2 Å². The molecule has 0 spiro atoms. The second-order valence-electron chi connectivity index (χ2n) is 11.4. The van der Waals surface area contributed by atoms with Gasteiger partial charge in [-0.2, -0.15) is 26.3 Å². The van der Waals surface area contributed by atoms with Gasteiger partial charge in [-0.05, 0) is 68.0 Å². The molecule has 2 amide bonds. The molecule has 3 aliphatic rings. The quantitative estimate of drug-likeness (QED) is 0.284. The van der Waals surface area contributed by atoms with Crippen LogP contribution in [-0.2, 0) is 11.0 Å². The number of rotatable bonds is 6. The van der Waals surface area contributed by atoms with Gasteiger partial charge in [-0.3, -0.25) is 9.59 Å². The van der Waals surface area contributed by atoms with Crippen LogP contribution in [0.2, 0.25) is 0 Å². The molecule has 2 aromatic carbocycles. The third-order valence-corrected chi connectivity index (χ3v) is 8.62. The van der Waals surface area contributed by atoms with Crippen molar-refractivity contribution in [3.63, 3.8) is 0 Å². The molecule has 7 nitrogen and oxygen atoms in total. The van der Waals surface area contributed by atoms with Crippen molar-refractivity contribution < 1.29 is 45.1 Å². The lowest BCUT2D eigenvalue weighted by Gasteiger charge is -2.33. The minimum Gasteiger partial charge on any atom is -0.496 e. The number of alkyl halides is 6. The summed E-state index contributed by atoms with van der Waals surface area (Å²) in [7, 11) is 1.36. The number of carbonyl (C=O) groups excluding carboxylic acids is 2. The molecule has 0 radical (unpaired) electrons. The van der Waals surface area contributed by atoms with Gasteiger partial charge in [0.25, 0.3) is 5.91 Å². The van der Waals surface area contributed by atoms with Crippen LogP contribution < -0.4 is 26.0 Å². The van der Waals surface area contributed by atoms with Gasteiger partial charge in [0.15, 0.2) is 0 Å². The van der Waals surface area contributed by atoms with E-state index in [-0.39, 0.29) is 47.5 Å². The zero-order valence-corrected chi connectivity index (χ0v) is 23.6. The van der Waals surface area contributed by atoms with Gasteiger partial charge in [0.2, 0.25) is 5.91 Å². The minimum atomic E-state index is -5.04. The fraction of sp³-hybridized carbons (Fsp3) is 0.467. The van der Waals surface area contributed by atoms with E-state index in [2.05, 4.69) is 10.6 Å². The Bertz CT molecular complexity index is 1460. The Hall–Kier alpha value is -3.81. The van der Waals surface area contributed by atoms with Crippen LogP contribution in [0.5, 0.6) is 5.75 Å². The van der Waals surface area contributed by atoms with Gasteiger partial charge in [-0.25, -0.2) is 4.39 Å². The van der Waals surface area contributed by atoms with Crippen LogP contribution in [0.3, 0.4) is 0 Å². The number of allylic oxidation sites excluding steroid dienone is 1. The number of hydrogen-bond acceptors (Lipinski definition) is 5. The van der Waals surface area contributed by atoms with Crippen LogP contribution in [-0.4, -0.2) is 50.3 Å². The fourth-order valence-corrected chi connectivity index (χ4v) is 6.77. The number of piperidine rings is 1. The number of methoxy groups -OCH3 is 1. The second kappa shape index (κ2) is 11.9. The van der Waals surface area contributed by atoms with E-state index in [1.165, 1.54) is 7.11 Å². The zero-order chi connectivity index (χ0) is 32.0. The topological polar surface area (TPSA) is 96.7 Å². The van der Waals surface area contributed by atoms with Crippen LogP contribution in [0.1, 0.15) is 41.6 Å². The lowest BCUT2D eigenvalue weighted by molar-refractivity contribution is -0.140. The van der Waals surface area contributed by atoms with E-state index in [4.69, 9.17) is 10.5 Å². The van der Waals surface area contributed by atoms with E-state index >= 15 is 0 Å². The molecule has 1 heterocycles. The Kier molecular flexibility index (Phi) is 8.58. The van der Waals surface area contributed by atoms with Gasteiger partial charge in [0.05, 0.1) is 24.2 Å². The highest BCUT2D eigenvalue weighted by Crippen LogP contribution is 2.54. The van der Waals surface area contributed by atoms with Crippen molar-refractivity contribution in [2.75, 3.05) is 30.4 Å². The smallest absolute Gasteiger partial charge is 0.419 e. The first-order chi connectivity index (χ1) is 20.7. The Balaban J connectivity index is 1.45. The summed E-state index contributed by atoms with van der Waals surface area (Å²) >= 11 is 0. The summed E-state index contributed by atoms with van der Waals surface area (Å²) in [5.74, 6) is -5.91. The van der Waals surface area contributed by atoms with Crippen molar-refractivity contribution in [3.8, 4) is 5.75 Å². The summed E-state index contributed by atoms with van der Waals surface area (Å²) in [6, 6.07) is 5.69. The Morgan fingerprint density at radius 3 is 2.41 bits per heavy atom. The molecule has 2 bridgehead atoms. The van der Waals surface area contributed by atoms with Gasteiger partial charge in [0.1, 0.15) is 11.6 Å². The first-order valence-electron chi connectivity index (χ1n) is 14.1. The number of ether oxygens (including phenoxy) is 1. The molecule has 5 rings (SSSR count). The summed E-state index contributed by atoms with van der Waals surface area (Å²) in [6.07, 6.45) is -7.41. The highest BCUT2D eigenvalue weighted by molar-refractivity contribution is 6.00. The molecule has 14 heteroatoms. The number of nitrogens with zero attached hydrogens (tertiary/aromatic N) is 1. The van der Waals surface area contributed by atoms with Crippen LogP contribution >= 0.6 is 0 Å². The number of carbonyl (C=O) groups is 2. The summed E-state index contributed by atoms with van der Waals surface area (Å²) in [5.41, 5.74) is 4.86. The fourth-order valence-electron chi connectivity index (χ4n) is 6.77. The first kappa shape index (κ1) is 31.6. The van der Waals surface area contributed by atoms with Crippen molar-refractivity contribution in [2.45, 2.75) is 50.1 Å². The number of hydrogen-bond donors (Lipinski definition) is 3. The van der Waals surface area contributed by atoms with Crippen molar-refractivity contribution in [3.05, 3.63) is 65.0 Å². The van der Waals surface area contributed by atoms with Crippen LogP contribution in [0.4, 0.5) is 42.1 Å². The van der Waals surface area contributed by atoms with Gasteiger partial charge in [-0.1, -0.05) is 5.57 Å². The normalized spacial score (nSPS) is 26.2. The standard InChI is InChI=1S/C30H31F7N4O3/c1-44-24-9-5-17(41-10-2-3-15(38)14-41)12-20(24)27(42)40-26-19-7-6-18(21(19)13-29(32,33)34)25(26)28(43)39-16-4-8-23(31)22(11-16)30(35,36)37/h4-5,8-9,11-13,15,18-19,25-26H,2-3,6-7,10,14,38H2,1H3,(H,39,43)(H,40,42)/b21-13-/t15?,18?,19?,25-,26?/m0/s1. The monoisotopic (exact) mass is 628 g/mol. The lowest BCUT2D eigenvalue weighted by Crippen LogP contribution is -2.48. The molecule has 5 atom stereocenters. The number of anilines is 2. The molecule has 2 saturated carbocycles. The highest BCUT2D eigenvalue weighted by Gasteiger charge is 2.55. The third kappa shape index (κ3) is 6.49. The molecule has 4 N–H and O–H groups in total. The predicted molar refractivity (Wildman–Crippen MR) is 148 cm³/mol. The largest absolute Gasteiger partial charge is 0.496 e. The number of fused-ring (bicyclic) bond motifs is 2. The molecule has 238 valence electrons. The maximum Gasteiger partial charge on any atom is 0.419 e. The number of amides is 2. The van der Waals surface area contributed by atoms with E-state index in [1.807, 2.05) is 4.90 Å². The molecule has 2 aromatic rings.